The lowest BCUT2D eigenvalue weighted by atomic mass is 10.1. The summed E-state index contributed by atoms with van der Waals surface area (Å²) >= 11 is 2.19. The van der Waals surface area contributed by atoms with E-state index in [4.69, 9.17) is 9.84 Å². The molecule has 0 fully saturated rings. The molecule has 20 heavy (non-hydrogen) atoms. The van der Waals surface area contributed by atoms with E-state index in [1.807, 2.05) is 38.1 Å². The average molecular weight is 383 g/mol. The van der Waals surface area contributed by atoms with Gasteiger partial charge in [-0.3, -0.25) is 0 Å². The van der Waals surface area contributed by atoms with Crippen LogP contribution in [0.25, 0.3) is 0 Å². The van der Waals surface area contributed by atoms with E-state index >= 15 is 0 Å². The number of pyridine rings is 1. The second-order valence-corrected chi connectivity index (χ2v) is 5.88. The SMILES string of the molecule is CC(C)c1cc(C(=O)O)cc(Oc2cccc(I)c2)n1. The molecule has 104 valence electrons. The second-order valence-electron chi connectivity index (χ2n) is 4.64. The largest absolute Gasteiger partial charge is 0.478 e. The van der Waals surface area contributed by atoms with Crippen molar-refractivity contribution >= 4 is 28.6 Å². The topological polar surface area (TPSA) is 59.4 Å². The van der Waals surface area contributed by atoms with Crippen molar-refractivity contribution in [1.29, 1.82) is 0 Å². The Bertz CT molecular complexity index is 641. The summed E-state index contributed by atoms with van der Waals surface area (Å²) in [7, 11) is 0. The van der Waals surface area contributed by atoms with Gasteiger partial charge in [0.05, 0.1) is 5.56 Å². The van der Waals surface area contributed by atoms with Gasteiger partial charge in [-0.05, 0) is 52.8 Å². The summed E-state index contributed by atoms with van der Waals surface area (Å²) < 4.78 is 6.70. The molecule has 0 spiro atoms. The third-order valence-corrected chi connectivity index (χ3v) is 3.35. The van der Waals surface area contributed by atoms with E-state index in [0.717, 1.165) is 3.57 Å². The molecular formula is C15H14INO3. The van der Waals surface area contributed by atoms with Crippen LogP contribution in [-0.2, 0) is 0 Å². The van der Waals surface area contributed by atoms with Gasteiger partial charge in [-0.25, -0.2) is 9.78 Å². The third kappa shape index (κ3) is 3.69. The van der Waals surface area contributed by atoms with Gasteiger partial charge in [-0.15, -0.1) is 0 Å². The lowest BCUT2D eigenvalue weighted by molar-refractivity contribution is 0.0696. The van der Waals surface area contributed by atoms with Crippen LogP contribution in [0.15, 0.2) is 36.4 Å². The Hall–Kier alpha value is -1.63. The molecule has 0 aliphatic rings. The summed E-state index contributed by atoms with van der Waals surface area (Å²) in [6, 6.07) is 10.5. The first-order chi connectivity index (χ1) is 9.45. The van der Waals surface area contributed by atoms with Gasteiger partial charge < -0.3 is 9.84 Å². The maximum Gasteiger partial charge on any atom is 0.335 e. The van der Waals surface area contributed by atoms with E-state index in [-0.39, 0.29) is 11.5 Å². The maximum atomic E-state index is 11.1. The number of nitrogens with zero attached hydrogens (tertiary/aromatic N) is 1. The van der Waals surface area contributed by atoms with Crippen LogP contribution < -0.4 is 4.74 Å². The number of benzene rings is 1. The summed E-state index contributed by atoms with van der Waals surface area (Å²) in [6.07, 6.45) is 0. The minimum atomic E-state index is -0.984. The van der Waals surface area contributed by atoms with Gasteiger partial charge in [-0.1, -0.05) is 19.9 Å². The van der Waals surface area contributed by atoms with E-state index in [1.165, 1.54) is 6.07 Å². The summed E-state index contributed by atoms with van der Waals surface area (Å²) in [4.78, 5) is 15.5. The fourth-order valence-electron chi connectivity index (χ4n) is 1.65. The second kappa shape index (κ2) is 6.21. The lowest BCUT2D eigenvalue weighted by Crippen LogP contribution is -2.03. The Labute approximate surface area is 130 Å². The van der Waals surface area contributed by atoms with Gasteiger partial charge in [0.2, 0.25) is 5.88 Å². The number of carboxylic acids is 1. The first-order valence-electron chi connectivity index (χ1n) is 6.14. The van der Waals surface area contributed by atoms with Crippen LogP contribution in [0.3, 0.4) is 0 Å². The van der Waals surface area contributed by atoms with E-state index in [0.29, 0.717) is 17.3 Å². The van der Waals surface area contributed by atoms with Gasteiger partial charge in [-0.2, -0.15) is 0 Å². The van der Waals surface area contributed by atoms with Crippen molar-refractivity contribution < 1.29 is 14.6 Å². The molecule has 0 amide bonds. The van der Waals surface area contributed by atoms with E-state index < -0.39 is 5.97 Å². The van der Waals surface area contributed by atoms with Crippen molar-refractivity contribution in [3.05, 3.63) is 51.2 Å². The van der Waals surface area contributed by atoms with E-state index in [9.17, 15) is 4.79 Å². The van der Waals surface area contributed by atoms with Crippen LogP contribution in [-0.4, -0.2) is 16.1 Å². The van der Waals surface area contributed by atoms with Crippen LogP contribution in [0.2, 0.25) is 0 Å². The molecule has 0 unspecified atom stereocenters. The molecule has 0 aliphatic carbocycles. The monoisotopic (exact) mass is 383 g/mol. The number of aromatic nitrogens is 1. The average Bonchev–Trinajstić information content (AvgIpc) is 2.38. The zero-order valence-electron chi connectivity index (χ0n) is 11.1. The molecule has 0 aliphatic heterocycles. The highest BCUT2D eigenvalue weighted by atomic mass is 127. The van der Waals surface area contributed by atoms with Gasteiger partial charge in [0, 0.05) is 15.3 Å². The third-order valence-electron chi connectivity index (χ3n) is 2.68. The predicted molar refractivity (Wildman–Crippen MR) is 84.5 cm³/mol. The van der Waals surface area contributed by atoms with Crippen LogP contribution in [0, 0.1) is 3.57 Å². The van der Waals surface area contributed by atoms with E-state index in [1.54, 1.807) is 6.07 Å². The van der Waals surface area contributed by atoms with Crippen molar-refractivity contribution in [2.45, 2.75) is 19.8 Å². The summed E-state index contributed by atoms with van der Waals surface area (Å²) in [5.74, 6) is 0.0894. The van der Waals surface area contributed by atoms with E-state index in [2.05, 4.69) is 27.6 Å². The first kappa shape index (κ1) is 14.8. The van der Waals surface area contributed by atoms with Crippen molar-refractivity contribution in [3.8, 4) is 11.6 Å². The zero-order chi connectivity index (χ0) is 14.7. The predicted octanol–water partition coefficient (Wildman–Crippen LogP) is 4.30. The molecular weight excluding hydrogens is 369 g/mol. The zero-order valence-corrected chi connectivity index (χ0v) is 13.3. The molecule has 1 aromatic heterocycles. The maximum absolute atomic E-state index is 11.1. The molecule has 1 heterocycles. The lowest BCUT2D eigenvalue weighted by Gasteiger charge is -2.10. The number of carboxylic acid groups (broad SMARTS) is 1. The summed E-state index contributed by atoms with van der Waals surface area (Å²) in [6.45, 7) is 3.92. The minimum absolute atomic E-state index is 0.132. The smallest absolute Gasteiger partial charge is 0.335 e. The summed E-state index contributed by atoms with van der Waals surface area (Å²) in [5.41, 5.74) is 0.884. The number of carbonyl (C=O) groups is 1. The van der Waals surface area contributed by atoms with Crippen molar-refractivity contribution in [3.63, 3.8) is 0 Å². The molecule has 0 saturated heterocycles. The molecule has 2 aromatic rings. The Morgan fingerprint density at radius 1 is 1.30 bits per heavy atom. The van der Waals surface area contributed by atoms with Crippen LogP contribution in [0.5, 0.6) is 11.6 Å². The number of ether oxygens (including phenoxy) is 1. The van der Waals surface area contributed by atoms with Gasteiger partial charge >= 0.3 is 5.97 Å². The molecule has 2 rings (SSSR count). The highest BCUT2D eigenvalue weighted by Crippen LogP contribution is 2.25. The summed E-state index contributed by atoms with van der Waals surface area (Å²) in [5, 5.41) is 9.14. The van der Waals surface area contributed by atoms with Gasteiger partial charge in [0.15, 0.2) is 0 Å². The highest BCUT2D eigenvalue weighted by molar-refractivity contribution is 14.1. The van der Waals surface area contributed by atoms with Crippen LogP contribution in [0.4, 0.5) is 0 Å². The normalized spacial score (nSPS) is 10.6. The van der Waals surface area contributed by atoms with Gasteiger partial charge in [0.1, 0.15) is 5.75 Å². The van der Waals surface area contributed by atoms with Gasteiger partial charge in [0.25, 0.3) is 0 Å². The number of hydrogen-bond acceptors (Lipinski definition) is 3. The molecule has 1 aromatic carbocycles. The fourth-order valence-corrected chi connectivity index (χ4v) is 2.16. The molecule has 1 N–H and O–H groups in total. The molecule has 0 saturated carbocycles. The molecule has 0 radical (unpaired) electrons. The number of rotatable bonds is 4. The fraction of sp³-hybridized carbons (Fsp3) is 0.200. The number of hydrogen-bond donors (Lipinski definition) is 1. The number of halogens is 1. The van der Waals surface area contributed by atoms with Crippen LogP contribution >= 0.6 is 22.6 Å². The standard InChI is InChI=1S/C15H14INO3/c1-9(2)13-6-10(15(18)19)7-14(17-13)20-12-5-3-4-11(16)8-12/h3-9H,1-2H3,(H,18,19). The Morgan fingerprint density at radius 3 is 2.65 bits per heavy atom. The highest BCUT2D eigenvalue weighted by Gasteiger charge is 2.12. The molecule has 4 nitrogen and oxygen atoms in total. The Kier molecular flexibility index (Phi) is 4.59. The Balaban J connectivity index is 2.38. The minimum Gasteiger partial charge on any atom is -0.478 e. The first-order valence-corrected chi connectivity index (χ1v) is 7.22. The van der Waals surface area contributed by atoms with Crippen LogP contribution in [0.1, 0.15) is 35.8 Å². The van der Waals surface area contributed by atoms with Crippen molar-refractivity contribution in [2.24, 2.45) is 0 Å². The van der Waals surface area contributed by atoms with Crippen molar-refractivity contribution in [2.75, 3.05) is 0 Å². The molecule has 0 bridgehead atoms. The quantitative estimate of drug-likeness (QED) is 0.800. The molecule has 0 atom stereocenters. The molecule has 5 heteroatoms. The Morgan fingerprint density at radius 2 is 2.05 bits per heavy atom. The van der Waals surface area contributed by atoms with Crippen molar-refractivity contribution in [1.82, 2.24) is 4.98 Å². The number of aromatic carboxylic acids is 1.